The van der Waals surface area contributed by atoms with Crippen LogP contribution in [0.15, 0.2) is 35.4 Å². The molecule has 0 aromatic heterocycles. The van der Waals surface area contributed by atoms with E-state index in [9.17, 15) is 40.3 Å². The number of hydrazone groups is 1. The lowest BCUT2D eigenvalue weighted by Crippen LogP contribution is -2.59. The number of ketones is 1. The first kappa shape index (κ1) is 18.9. The predicted octanol–water partition coefficient (Wildman–Crippen LogP) is 3.43. The summed E-state index contributed by atoms with van der Waals surface area (Å²) >= 11 is 0. The van der Waals surface area contributed by atoms with Gasteiger partial charge in [0.2, 0.25) is 5.78 Å². The molecule has 0 radical (unpaired) electrons. The van der Waals surface area contributed by atoms with Gasteiger partial charge < -0.3 is 0 Å². The van der Waals surface area contributed by atoms with E-state index in [1.807, 2.05) is 0 Å². The van der Waals surface area contributed by atoms with Gasteiger partial charge in [-0.15, -0.1) is 0 Å². The molecule has 25 heavy (non-hydrogen) atoms. The molecule has 1 amide bonds. The van der Waals surface area contributed by atoms with Crippen molar-refractivity contribution in [3.63, 3.8) is 0 Å². The number of Topliss-reactive ketones (excluding diaryl/α,β-unsaturated/α-hetero) is 1. The van der Waals surface area contributed by atoms with Crippen molar-refractivity contribution >= 4 is 23.1 Å². The zero-order valence-electron chi connectivity index (χ0n) is 12.3. The van der Waals surface area contributed by atoms with Crippen LogP contribution in [0.4, 0.5) is 36.4 Å². The molecule has 0 N–H and O–H groups in total. The van der Waals surface area contributed by atoms with Gasteiger partial charge in [0.25, 0.3) is 5.91 Å². The van der Waals surface area contributed by atoms with E-state index in [1.165, 1.54) is 24.3 Å². The Morgan fingerprint density at radius 3 is 2.04 bits per heavy atom. The van der Waals surface area contributed by atoms with Gasteiger partial charge in [-0.3, -0.25) is 9.59 Å². The van der Waals surface area contributed by atoms with Crippen molar-refractivity contribution in [2.45, 2.75) is 24.9 Å². The molecule has 136 valence electrons. The molecule has 0 fully saturated rings. The highest BCUT2D eigenvalue weighted by molar-refractivity contribution is 6.28. The number of carbonyl (C=O) groups excluding carboxylic acids is 2. The Morgan fingerprint density at radius 2 is 1.56 bits per heavy atom. The lowest BCUT2D eigenvalue weighted by Gasteiger charge is -2.28. The van der Waals surface area contributed by atoms with Crippen LogP contribution in [-0.4, -0.2) is 35.4 Å². The number of hydrogen-bond donors (Lipinski definition) is 0. The SMILES string of the molecule is CC1=NN(c2ccccc2)C(=O)C1C(=O)C(F)(F)C(F)(F)C(F)(F)F. The van der Waals surface area contributed by atoms with E-state index >= 15 is 0 Å². The van der Waals surface area contributed by atoms with Crippen LogP contribution in [-0.2, 0) is 9.59 Å². The third kappa shape index (κ3) is 2.87. The average Bonchev–Trinajstić information content (AvgIpc) is 2.81. The Balaban J connectivity index is 2.38. The number of benzene rings is 1. The fourth-order valence-electron chi connectivity index (χ4n) is 2.14. The minimum atomic E-state index is -6.67. The van der Waals surface area contributed by atoms with Gasteiger partial charge in [0, 0.05) is 0 Å². The van der Waals surface area contributed by atoms with Crippen LogP contribution < -0.4 is 5.01 Å². The van der Waals surface area contributed by atoms with E-state index in [1.54, 1.807) is 6.07 Å². The molecule has 1 unspecified atom stereocenters. The Morgan fingerprint density at radius 1 is 1.04 bits per heavy atom. The molecule has 11 heteroatoms. The van der Waals surface area contributed by atoms with Crippen molar-refractivity contribution in [2.24, 2.45) is 11.0 Å². The fraction of sp³-hybridized carbons (Fsp3) is 0.357. The van der Waals surface area contributed by atoms with Crippen LogP contribution >= 0.6 is 0 Å². The number of anilines is 1. The van der Waals surface area contributed by atoms with Gasteiger partial charge in [-0.2, -0.15) is 40.8 Å². The molecule has 1 aromatic rings. The first-order chi connectivity index (χ1) is 11.3. The van der Waals surface area contributed by atoms with E-state index in [-0.39, 0.29) is 5.69 Å². The topological polar surface area (TPSA) is 49.7 Å². The van der Waals surface area contributed by atoms with Crippen molar-refractivity contribution < 1.29 is 40.3 Å². The molecule has 0 saturated heterocycles. The summed E-state index contributed by atoms with van der Waals surface area (Å²) in [6, 6.07) is 7.04. The third-order valence-electron chi connectivity index (χ3n) is 3.45. The lowest BCUT2D eigenvalue weighted by molar-refractivity contribution is -0.343. The number of hydrogen-bond acceptors (Lipinski definition) is 3. The highest BCUT2D eigenvalue weighted by Crippen LogP contribution is 2.48. The predicted molar refractivity (Wildman–Crippen MR) is 71.5 cm³/mol. The summed E-state index contributed by atoms with van der Waals surface area (Å²) in [5.74, 6) is -19.6. The van der Waals surface area contributed by atoms with E-state index in [2.05, 4.69) is 5.10 Å². The standard InChI is InChI=1S/C14H9F7N2O2/c1-7-9(10(24)12(15,16)13(17,18)14(19,20)21)11(25)23(22-7)8-5-3-2-4-6-8/h2-6,9H,1H3. The Kier molecular flexibility index (Phi) is 4.39. The van der Waals surface area contributed by atoms with Crippen LogP contribution in [0.5, 0.6) is 0 Å². The zero-order chi connectivity index (χ0) is 19.2. The van der Waals surface area contributed by atoms with Gasteiger partial charge in [-0.25, -0.2) is 0 Å². The number of para-hydroxylation sites is 1. The molecule has 1 aliphatic rings. The summed E-state index contributed by atoms with van der Waals surface area (Å²) in [4.78, 5) is 23.8. The maximum absolute atomic E-state index is 13.6. The monoisotopic (exact) mass is 370 g/mol. The highest BCUT2D eigenvalue weighted by Gasteiger charge is 2.77. The lowest BCUT2D eigenvalue weighted by atomic mass is 9.91. The van der Waals surface area contributed by atoms with E-state index in [0.29, 0.717) is 5.01 Å². The molecule has 1 atom stereocenters. The summed E-state index contributed by atoms with van der Waals surface area (Å²) in [7, 11) is 0. The minimum absolute atomic E-state index is 0.0352. The van der Waals surface area contributed by atoms with E-state index in [4.69, 9.17) is 0 Å². The molecule has 4 nitrogen and oxygen atoms in total. The van der Waals surface area contributed by atoms with Gasteiger partial charge in [0.15, 0.2) is 0 Å². The van der Waals surface area contributed by atoms with Gasteiger partial charge in [-0.05, 0) is 19.1 Å². The van der Waals surface area contributed by atoms with E-state index < -0.39 is 41.3 Å². The maximum atomic E-state index is 13.6. The van der Waals surface area contributed by atoms with Gasteiger partial charge in [-0.1, -0.05) is 18.2 Å². The smallest absolute Gasteiger partial charge is 0.291 e. The first-order valence-electron chi connectivity index (χ1n) is 6.63. The van der Waals surface area contributed by atoms with Crippen LogP contribution in [0.2, 0.25) is 0 Å². The number of halogens is 7. The Labute approximate surface area is 135 Å². The molecule has 2 rings (SSSR count). The minimum Gasteiger partial charge on any atom is -0.291 e. The zero-order valence-corrected chi connectivity index (χ0v) is 12.3. The van der Waals surface area contributed by atoms with Crippen molar-refractivity contribution in [1.82, 2.24) is 0 Å². The molecular weight excluding hydrogens is 361 g/mol. The van der Waals surface area contributed by atoms with Gasteiger partial charge in [0.05, 0.1) is 11.4 Å². The molecule has 1 aromatic carbocycles. The number of alkyl halides is 7. The molecule has 1 heterocycles. The Bertz CT molecular complexity index is 728. The molecule has 0 bridgehead atoms. The van der Waals surface area contributed by atoms with Crippen LogP contribution in [0.25, 0.3) is 0 Å². The second-order valence-electron chi connectivity index (χ2n) is 5.17. The van der Waals surface area contributed by atoms with Crippen LogP contribution in [0.1, 0.15) is 6.92 Å². The van der Waals surface area contributed by atoms with Gasteiger partial charge in [0.1, 0.15) is 5.92 Å². The van der Waals surface area contributed by atoms with Crippen LogP contribution in [0.3, 0.4) is 0 Å². The quantitative estimate of drug-likeness (QED) is 0.602. The summed E-state index contributed by atoms with van der Waals surface area (Å²) in [6.45, 7) is 0.908. The largest absolute Gasteiger partial charge is 0.460 e. The average molecular weight is 370 g/mol. The molecule has 1 aliphatic heterocycles. The Hall–Kier alpha value is -2.46. The maximum Gasteiger partial charge on any atom is 0.460 e. The normalized spacial score (nSPS) is 19.2. The van der Waals surface area contributed by atoms with E-state index in [0.717, 1.165) is 6.92 Å². The third-order valence-corrected chi connectivity index (χ3v) is 3.45. The molecule has 0 spiro atoms. The summed E-state index contributed by atoms with van der Waals surface area (Å²) in [6.07, 6.45) is -6.67. The van der Waals surface area contributed by atoms with Crippen molar-refractivity contribution in [2.75, 3.05) is 5.01 Å². The van der Waals surface area contributed by atoms with Crippen LogP contribution in [0, 0.1) is 5.92 Å². The van der Waals surface area contributed by atoms with Crippen molar-refractivity contribution in [3.8, 4) is 0 Å². The number of rotatable bonds is 4. The first-order valence-corrected chi connectivity index (χ1v) is 6.63. The second kappa shape index (κ2) is 5.81. The summed E-state index contributed by atoms with van der Waals surface area (Å²) in [5.41, 5.74) is -0.579. The summed E-state index contributed by atoms with van der Waals surface area (Å²) in [5, 5.41) is 4.02. The molecule has 0 aliphatic carbocycles. The highest BCUT2D eigenvalue weighted by atomic mass is 19.4. The second-order valence-corrected chi connectivity index (χ2v) is 5.17. The summed E-state index contributed by atoms with van der Waals surface area (Å²) < 4.78 is 89.8. The van der Waals surface area contributed by atoms with Gasteiger partial charge >= 0.3 is 18.0 Å². The van der Waals surface area contributed by atoms with Crippen molar-refractivity contribution in [3.05, 3.63) is 30.3 Å². The number of nitrogens with zero attached hydrogens (tertiary/aromatic N) is 2. The number of amides is 1. The molecular formula is C14H9F7N2O2. The number of carbonyl (C=O) groups is 2. The van der Waals surface area contributed by atoms with Crippen molar-refractivity contribution in [1.29, 1.82) is 0 Å². The fourth-order valence-corrected chi connectivity index (χ4v) is 2.14. The molecule has 0 saturated carbocycles.